The summed E-state index contributed by atoms with van der Waals surface area (Å²) in [5.41, 5.74) is 1.08. The van der Waals surface area contributed by atoms with Gasteiger partial charge in [0.2, 0.25) is 15.9 Å². The standard InChI is InChI=1S/C34H37Cl2FN2O3S/c1-4-19-34(3)21-28(25-9-8-10-27(36)20-25)32(24-15-17-26(35)18-16-24)39(33(34)40)31(23-13-14-23)22-38(43(41,42)5-2)30-12-7-6-11-29(30)37/h4,6-12,15-18,20,23,28,31-32H,1,5,13-14,19,21-22H2,2-3H3/t28?,31-,32?,34+/m1/s1. The molecule has 4 atom stereocenters. The third-order valence-electron chi connectivity index (χ3n) is 8.88. The lowest BCUT2D eigenvalue weighted by Crippen LogP contribution is -2.59. The van der Waals surface area contributed by atoms with Crippen molar-refractivity contribution in [3.8, 4) is 0 Å². The van der Waals surface area contributed by atoms with E-state index in [-0.39, 0.29) is 35.7 Å². The summed E-state index contributed by atoms with van der Waals surface area (Å²) in [7, 11) is -3.89. The number of benzene rings is 3. The molecule has 43 heavy (non-hydrogen) atoms. The molecule has 2 unspecified atom stereocenters. The van der Waals surface area contributed by atoms with E-state index in [4.69, 9.17) is 23.2 Å². The lowest BCUT2D eigenvalue weighted by Gasteiger charge is -2.53. The number of hydrogen-bond acceptors (Lipinski definition) is 3. The molecule has 0 aromatic heterocycles. The first kappa shape index (κ1) is 31.6. The highest BCUT2D eigenvalue weighted by Crippen LogP contribution is 2.54. The Morgan fingerprint density at radius 3 is 2.35 bits per heavy atom. The Kier molecular flexibility index (Phi) is 9.26. The summed E-state index contributed by atoms with van der Waals surface area (Å²) in [6.07, 6.45) is 4.46. The zero-order chi connectivity index (χ0) is 30.9. The van der Waals surface area contributed by atoms with Gasteiger partial charge in [-0.25, -0.2) is 12.8 Å². The zero-order valence-corrected chi connectivity index (χ0v) is 26.8. The smallest absolute Gasteiger partial charge is 0.235 e. The van der Waals surface area contributed by atoms with Crippen LogP contribution in [0, 0.1) is 17.2 Å². The topological polar surface area (TPSA) is 57.7 Å². The van der Waals surface area contributed by atoms with Crippen molar-refractivity contribution in [3.63, 3.8) is 0 Å². The molecular formula is C34H37Cl2FN2O3S. The fourth-order valence-corrected chi connectivity index (χ4v) is 8.00. The first-order chi connectivity index (χ1) is 20.5. The van der Waals surface area contributed by atoms with Gasteiger partial charge in [0, 0.05) is 16.0 Å². The number of anilines is 1. The van der Waals surface area contributed by atoms with E-state index in [1.165, 1.54) is 22.5 Å². The van der Waals surface area contributed by atoms with Crippen molar-refractivity contribution >= 4 is 44.8 Å². The second-order valence-corrected chi connectivity index (χ2v) is 15.0. The predicted octanol–water partition coefficient (Wildman–Crippen LogP) is 8.41. The summed E-state index contributed by atoms with van der Waals surface area (Å²) in [5, 5.41) is 1.17. The van der Waals surface area contributed by atoms with E-state index in [0.29, 0.717) is 22.9 Å². The molecule has 0 spiro atoms. The third-order valence-corrected chi connectivity index (χ3v) is 11.1. The van der Waals surface area contributed by atoms with Crippen LogP contribution in [0.3, 0.4) is 0 Å². The minimum absolute atomic E-state index is 0.0113. The Balaban J connectivity index is 1.71. The van der Waals surface area contributed by atoms with Crippen molar-refractivity contribution in [3.05, 3.63) is 112 Å². The molecule has 9 heteroatoms. The summed E-state index contributed by atoms with van der Waals surface area (Å²) < 4.78 is 43.5. The number of para-hydroxylation sites is 1. The number of rotatable bonds is 11. The van der Waals surface area contributed by atoms with Crippen LogP contribution in [-0.4, -0.2) is 37.6 Å². The largest absolute Gasteiger partial charge is 0.329 e. The molecule has 3 aromatic carbocycles. The number of sulfonamides is 1. The monoisotopic (exact) mass is 642 g/mol. The molecule has 5 nitrogen and oxygen atoms in total. The van der Waals surface area contributed by atoms with Crippen LogP contribution in [-0.2, 0) is 14.8 Å². The Bertz CT molecular complexity index is 1600. The van der Waals surface area contributed by atoms with E-state index >= 15 is 4.39 Å². The van der Waals surface area contributed by atoms with Gasteiger partial charge in [-0.3, -0.25) is 9.10 Å². The normalized spacial score (nSPS) is 23.2. The van der Waals surface area contributed by atoms with Crippen LogP contribution in [0.5, 0.6) is 0 Å². The highest BCUT2D eigenvalue weighted by atomic mass is 35.5. The number of carbonyl (C=O) groups excluding carboxylic acids is 1. The minimum atomic E-state index is -3.89. The summed E-state index contributed by atoms with van der Waals surface area (Å²) in [6, 6.07) is 20.2. The number of allylic oxidation sites excluding steroid dienone is 1. The second-order valence-electron chi connectivity index (χ2n) is 11.9. The van der Waals surface area contributed by atoms with Crippen LogP contribution in [0.2, 0.25) is 10.0 Å². The van der Waals surface area contributed by atoms with Gasteiger partial charge >= 0.3 is 0 Å². The molecule has 2 aliphatic rings. The first-order valence-corrected chi connectivity index (χ1v) is 17.0. The molecule has 1 saturated carbocycles. The molecule has 2 fully saturated rings. The highest BCUT2D eigenvalue weighted by molar-refractivity contribution is 7.92. The maximum absolute atomic E-state index is 15.2. The predicted molar refractivity (Wildman–Crippen MR) is 172 cm³/mol. The van der Waals surface area contributed by atoms with Crippen LogP contribution in [0.4, 0.5) is 10.1 Å². The van der Waals surface area contributed by atoms with Gasteiger partial charge in [-0.1, -0.05) is 72.6 Å². The van der Waals surface area contributed by atoms with E-state index in [1.54, 1.807) is 19.1 Å². The van der Waals surface area contributed by atoms with Gasteiger partial charge < -0.3 is 4.90 Å². The SMILES string of the molecule is C=CC[C@@]1(C)CC(c2cccc(Cl)c2)C(c2ccc(Cl)cc2)N([C@H](CN(c2ccccc2F)S(=O)(=O)CC)C2CC2)C1=O. The molecule has 1 saturated heterocycles. The quantitative estimate of drug-likeness (QED) is 0.197. The lowest BCUT2D eigenvalue weighted by molar-refractivity contribution is -0.154. The van der Waals surface area contributed by atoms with Crippen LogP contribution in [0.25, 0.3) is 0 Å². The number of piperidine rings is 1. The Morgan fingerprint density at radius 2 is 1.74 bits per heavy atom. The summed E-state index contributed by atoms with van der Waals surface area (Å²) >= 11 is 12.8. The summed E-state index contributed by atoms with van der Waals surface area (Å²) in [6.45, 7) is 7.41. The van der Waals surface area contributed by atoms with E-state index in [0.717, 1.165) is 24.0 Å². The van der Waals surface area contributed by atoms with Gasteiger partial charge in [0.25, 0.3) is 0 Å². The molecule has 1 aliphatic carbocycles. The average molecular weight is 644 g/mol. The fraction of sp³-hybridized carbons (Fsp3) is 0.382. The summed E-state index contributed by atoms with van der Waals surface area (Å²) in [4.78, 5) is 16.7. The van der Waals surface area contributed by atoms with Crippen molar-refractivity contribution in [2.75, 3.05) is 16.6 Å². The number of halogens is 3. The molecule has 1 aliphatic heterocycles. The van der Waals surface area contributed by atoms with Crippen molar-refractivity contribution in [1.82, 2.24) is 4.90 Å². The fourth-order valence-electron chi connectivity index (χ4n) is 6.54. The van der Waals surface area contributed by atoms with Crippen LogP contribution in [0.15, 0.2) is 85.5 Å². The van der Waals surface area contributed by atoms with Gasteiger partial charge in [-0.15, -0.1) is 6.58 Å². The van der Waals surface area contributed by atoms with Crippen molar-refractivity contribution in [2.24, 2.45) is 11.3 Å². The molecule has 1 amide bonds. The first-order valence-electron chi connectivity index (χ1n) is 14.7. The van der Waals surface area contributed by atoms with Crippen LogP contribution >= 0.6 is 23.2 Å². The second kappa shape index (κ2) is 12.6. The third kappa shape index (κ3) is 6.50. The number of carbonyl (C=O) groups is 1. The van der Waals surface area contributed by atoms with Gasteiger partial charge in [-0.2, -0.15) is 0 Å². The maximum Gasteiger partial charge on any atom is 0.235 e. The van der Waals surface area contributed by atoms with Crippen molar-refractivity contribution < 1.29 is 17.6 Å². The molecule has 3 aromatic rings. The molecule has 0 bridgehead atoms. The molecular weight excluding hydrogens is 606 g/mol. The van der Waals surface area contributed by atoms with Gasteiger partial charge in [0.15, 0.2) is 0 Å². The zero-order valence-electron chi connectivity index (χ0n) is 24.4. The number of likely N-dealkylation sites (tertiary alicyclic amines) is 1. The van der Waals surface area contributed by atoms with Crippen molar-refractivity contribution in [2.45, 2.75) is 57.5 Å². The van der Waals surface area contributed by atoms with E-state index < -0.39 is 33.3 Å². The van der Waals surface area contributed by atoms with Crippen molar-refractivity contribution in [1.29, 1.82) is 0 Å². The lowest BCUT2D eigenvalue weighted by atomic mass is 9.67. The molecule has 0 N–H and O–H groups in total. The molecule has 1 heterocycles. The summed E-state index contributed by atoms with van der Waals surface area (Å²) in [5.74, 6) is -0.988. The molecule has 228 valence electrons. The van der Waals surface area contributed by atoms with Gasteiger partial charge in [0.05, 0.1) is 35.5 Å². The Morgan fingerprint density at radius 1 is 1.05 bits per heavy atom. The minimum Gasteiger partial charge on any atom is -0.329 e. The number of nitrogens with zero attached hydrogens (tertiary/aromatic N) is 2. The number of amides is 1. The highest BCUT2D eigenvalue weighted by Gasteiger charge is 2.54. The van der Waals surface area contributed by atoms with E-state index in [9.17, 15) is 13.2 Å². The molecule has 0 radical (unpaired) electrons. The molecule has 5 rings (SSSR count). The van der Waals surface area contributed by atoms with Crippen LogP contribution in [0.1, 0.15) is 62.6 Å². The van der Waals surface area contributed by atoms with Crippen LogP contribution < -0.4 is 4.31 Å². The van der Waals surface area contributed by atoms with E-state index in [1.807, 2.05) is 60.4 Å². The van der Waals surface area contributed by atoms with Gasteiger partial charge in [0.1, 0.15) is 5.82 Å². The Hall–Kier alpha value is -2.87. The number of hydrogen-bond donors (Lipinski definition) is 0. The average Bonchev–Trinajstić information content (AvgIpc) is 3.82. The van der Waals surface area contributed by atoms with Gasteiger partial charge in [-0.05, 0) is 86.1 Å². The maximum atomic E-state index is 15.2. The van der Waals surface area contributed by atoms with E-state index in [2.05, 4.69) is 6.58 Å². The Labute approximate surface area is 264 Å².